The van der Waals surface area contributed by atoms with Crippen LogP contribution >= 0.6 is 11.6 Å². The van der Waals surface area contributed by atoms with E-state index in [0.29, 0.717) is 30.4 Å². The van der Waals surface area contributed by atoms with Gasteiger partial charge in [-0.15, -0.1) is 0 Å². The van der Waals surface area contributed by atoms with Crippen LogP contribution in [0.1, 0.15) is 18.5 Å². The number of nitriles is 1. The van der Waals surface area contributed by atoms with Gasteiger partial charge in [-0.25, -0.2) is 0 Å². The highest BCUT2D eigenvalue weighted by Gasteiger charge is 2.14. The first kappa shape index (κ1) is 19.5. The maximum Gasteiger partial charge on any atom is 0.224 e. The Balaban J connectivity index is 1.94. The first-order chi connectivity index (χ1) is 12.6. The lowest BCUT2D eigenvalue weighted by Gasteiger charge is -2.21. The van der Waals surface area contributed by atoms with Gasteiger partial charge >= 0.3 is 0 Å². The molecule has 1 aromatic heterocycles. The van der Waals surface area contributed by atoms with E-state index in [0.717, 1.165) is 11.4 Å². The van der Waals surface area contributed by atoms with E-state index < -0.39 is 0 Å². The van der Waals surface area contributed by atoms with Crippen LogP contribution in [0.5, 0.6) is 5.75 Å². The fourth-order valence-corrected chi connectivity index (χ4v) is 2.62. The van der Waals surface area contributed by atoms with Gasteiger partial charge in [0, 0.05) is 30.7 Å². The van der Waals surface area contributed by atoms with E-state index in [2.05, 4.69) is 16.4 Å². The topological polar surface area (TPSA) is 78.2 Å². The normalized spacial score (nSPS) is 10.0. The summed E-state index contributed by atoms with van der Waals surface area (Å²) in [6.45, 7) is 1.20. The molecule has 26 heavy (non-hydrogen) atoms. The van der Waals surface area contributed by atoms with Gasteiger partial charge in [-0.05, 0) is 30.3 Å². The average Bonchev–Trinajstić information content (AvgIpc) is 2.66. The zero-order valence-corrected chi connectivity index (χ0v) is 15.4. The largest absolute Gasteiger partial charge is 0.495 e. The molecular formula is C19H21ClN4O2. The zero-order chi connectivity index (χ0) is 18.8. The zero-order valence-electron chi connectivity index (χ0n) is 14.6. The summed E-state index contributed by atoms with van der Waals surface area (Å²) in [6, 6.07) is 12.9. The molecule has 6 nitrogen and oxygen atoms in total. The van der Waals surface area contributed by atoms with E-state index in [1.165, 1.54) is 0 Å². The molecule has 0 saturated carbocycles. The number of hydrogen-bond acceptors (Lipinski definition) is 5. The summed E-state index contributed by atoms with van der Waals surface area (Å²) in [6.07, 6.45) is 2.26. The van der Waals surface area contributed by atoms with Gasteiger partial charge < -0.3 is 15.0 Å². The summed E-state index contributed by atoms with van der Waals surface area (Å²) in [7, 11) is 1.58. The maximum atomic E-state index is 12.6. The van der Waals surface area contributed by atoms with Crippen LogP contribution in [0.25, 0.3) is 0 Å². The molecule has 1 aromatic carbocycles. The minimum absolute atomic E-state index is 0.0422. The number of pyridine rings is 1. The third kappa shape index (κ3) is 5.94. The molecule has 136 valence electrons. The van der Waals surface area contributed by atoms with Crippen molar-refractivity contribution in [2.75, 3.05) is 25.5 Å². The van der Waals surface area contributed by atoms with Crippen LogP contribution in [-0.2, 0) is 11.3 Å². The SMILES string of the molecule is COc1ccc(Cl)cc1NCCC(=O)N(CCC#N)Cc1ccccn1. The lowest BCUT2D eigenvalue weighted by atomic mass is 10.2. The lowest BCUT2D eigenvalue weighted by molar-refractivity contribution is -0.131. The van der Waals surface area contributed by atoms with Crippen molar-refractivity contribution >= 4 is 23.2 Å². The molecule has 0 fully saturated rings. The van der Waals surface area contributed by atoms with E-state index >= 15 is 0 Å². The highest BCUT2D eigenvalue weighted by atomic mass is 35.5. The van der Waals surface area contributed by atoms with Crippen molar-refractivity contribution < 1.29 is 9.53 Å². The number of hydrogen-bond donors (Lipinski definition) is 1. The number of methoxy groups -OCH3 is 1. The highest BCUT2D eigenvalue weighted by molar-refractivity contribution is 6.30. The van der Waals surface area contributed by atoms with E-state index in [1.807, 2.05) is 18.2 Å². The third-order valence-corrected chi connectivity index (χ3v) is 3.98. The second-order valence-corrected chi connectivity index (χ2v) is 6.00. The van der Waals surface area contributed by atoms with Gasteiger partial charge in [0.2, 0.25) is 5.91 Å². The Morgan fingerprint density at radius 3 is 2.92 bits per heavy atom. The molecule has 7 heteroatoms. The molecule has 0 spiro atoms. The summed E-state index contributed by atoms with van der Waals surface area (Å²) >= 11 is 6.00. The molecular weight excluding hydrogens is 352 g/mol. The number of halogens is 1. The van der Waals surface area contributed by atoms with Crippen LogP contribution < -0.4 is 10.1 Å². The minimum atomic E-state index is -0.0422. The van der Waals surface area contributed by atoms with Crippen molar-refractivity contribution in [3.8, 4) is 11.8 Å². The first-order valence-electron chi connectivity index (χ1n) is 8.26. The fourth-order valence-electron chi connectivity index (χ4n) is 2.44. The van der Waals surface area contributed by atoms with E-state index in [4.69, 9.17) is 21.6 Å². The summed E-state index contributed by atoms with van der Waals surface area (Å²) in [5, 5.41) is 12.6. The predicted octanol–water partition coefficient (Wildman–Crippen LogP) is 3.49. The number of amides is 1. The van der Waals surface area contributed by atoms with Crippen LogP contribution in [-0.4, -0.2) is 36.0 Å². The highest BCUT2D eigenvalue weighted by Crippen LogP contribution is 2.27. The molecule has 0 saturated heterocycles. The van der Waals surface area contributed by atoms with Crippen molar-refractivity contribution in [2.24, 2.45) is 0 Å². The summed E-state index contributed by atoms with van der Waals surface area (Å²) in [5.74, 6) is 0.621. The molecule has 0 aliphatic heterocycles. The predicted molar refractivity (Wildman–Crippen MR) is 101 cm³/mol. The molecule has 2 aromatic rings. The van der Waals surface area contributed by atoms with Gasteiger partial charge in [0.25, 0.3) is 0 Å². The third-order valence-electron chi connectivity index (χ3n) is 3.74. The van der Waals surface area contributed by atoms with Crippen LogP contribution in [0.3, 0.4) is 0 Å². The van der Waals surface area contributed by atoms with Gasteiger partial charge in [-0.2, -0.15) is 5.26 Å². The quantitative estimate of drug-likeness (QED) is 0.729. The number of benzene rings is 1. The van der Waals surface area contributed by atoms with E-state index in [9.17, 15) is 4.79 Å². The molecule has 0 aliphatic rings. The molecule has 2 rings (SSSR count). The van der Waals surface area contributed by atoms with Crippen molar-refractivity contribution in [1.29, 1.82) is 5.26 Å². The second-order valence-electron chi connectivity index (χ2n) is 5.57. The van der Waals surface area contributed by atoms with Crippen LogP contribution in [0.2, 0.25) is 5.02 Å². The molecule has 0 unspecified atom stereocenters. The Morgan fingerprint density at radius 1 is 1.38 bits per heavy atom. The van der Waals surface area contributed by atoms with Crippen molar-refractivity contribution in [3.05, 3.63) is 53.3 Å². The Labute approximate surface area is 158 Å². The Morgan fingerprint density at radius 2 is 2.23 bits per heavy atom. The summed E-state index contributed by atoms with van der Waals surface area (Å²) < 4.78 is 5.28. The van der Waals surface area contributed by atoms with Crippen molar-refractivity contribution in [1.82, 2.24) is 9.88 Å². The van der Waals surface area contributed by atoms with Gasteiger partial charge in [-0.3, -0.25) is 9.78 Å². The van der Waals surface area contributed by atoms with E-state index in [-0.39, 0.29) is 18.7 Å². The summed E-state index contributed by atoms with van der Waals surface area (Å²) in [5.41, 5.74) is 1.53. The average molecular weight is 373 g/mol. The van der Waals surface area contributed by atoms with Crippen LogP contribution in [0, 0.1) is 11.3 Å². The number of anilines is 1. The van der Waals surface area contributed by atoms with Gasteiger partial charge in [0.05, 0.1) is 37.5 Å². The van der Waals surface area contributed by atoms with Crippen molar-refractivity contribution in [3.63, 3.8) is 0 Å². The number of nitrogens with zero attached hydrogens (tertiary/aromatic N) is 3. The monoisotopic (exact) mass is 372 g/mol. The van der Waals surface area contributed by atoms with Crippen LogP contribution in [0.15, 0.2) is 42.6 Å². The Bertz CT molecular complexity index is 762. The number of carbonyl (C=O) groups excluding carboxylic acids is 1. The number of nitrogens with one attached hydrogen (secondary N) is 1. The fraction of sp³-hybridized carbons (Fsp3) is 0.316. The second kappa shape index (κ2) is 10.3. The van der Waals surface area contributed by atoms with Crippen molar-refractivity contribution in [2.45, 2.75) is 19.4 Å². The van der Waals surface area contributed by atoms with E-state index in [1.54, 1.807) is 36.4 Å². The summed E-state index contributed by atoms with van der Waals surface area (Å²) in [4.78, 5) is 18.5. The molecule has 0 radical (unpaired) electrons. The number of aromatic nitrogens is 1. The van der Waals surface area contributed by atoms with Gasteiger partial charge in [-0.1, -0.05) is 17.7 Å². The molecule has 1 heterocycles. The molecule has 0 bridgehead atoms. The minimum Gasteiger partial charge on any atom is -0.495 e. The number of rotatable bonds is 9. The lowest BCUT2D eigenvalue weighted by Crippen LogP contribution is -2.32. The van der Waals surface area contributed by atoms with Crippen LogP contribution in [0.4, 0.5) is 5.69 Å². The van der Waals surface area contributed by atoms with Gasteiger partial charge in [0.1, 0.15) is 5.75 Å². The number of carbonyl (C=O) groups is 1. The molecule has 1 N–H and O–H groups in total. The maximum absolute atomic E-state index is 12.6. The standard InChI is InChI=1S/C19H21ClN4O2/c1-26-18-7-6-15(20)13-17(18)23-11-8-19(25)24(12-4-9-21)14-16-5-2-3-10-22-16/h2-3,5-7,10,13,23H,4,8,11-12,14H2,1H3. The Kier molecular flexibility index (Phi) is 7.72. The smallest absolute Gasteiger partial charge is 0.224 e. The first-order valence-corrected chi connectivity index (χ1v) is 8.64. The molecule has 0 aliphatic carbocycles. The molecule has 0 atom stereocenters. The number of ether oxygens (including phenoxy) is 1. The van der Waals surface area contributed by atoms with Gasteiger partial charge in [0.15, 0.2) is 0 Å². The molecule has 1 amide bonds. The Hall–Kier alpha value is -2.78.